The first-order valence-electron chi connectivity index (χ1n) is 7.77. The fraction of sp³-hybridized carbons (Fsp3) is 0.706. The number of rotatable bonds is 1. The van der Waals surface area contributed by atoms with Gasteiger partial charge in [-0.15, -0.1) is 0 Å². The van der Waals surface area contributed by atoms with Crippen molar-refractivity contribution in [2.24, 2.45) is 16.6 Å². The van der Waals surface area contributed by atoms with Crippen LogP contribution in [0, 0.1) is 10.8 Å². The fourth-order valence-corrected chi connectivity index (χ4v) is 3.81. The highest BCUT2D eigenvalue weighted by atomic mass is 19.3. The van der Waals surface area contributed by atoms with E-state index in [0.717, 1.165) is 18.4 Å². The van der Waals surface area contributed by atoms with Gasteiger partial charge in [-0.25, -0.2) is 0 Å². The molecule has 2 aliphatic carbocycles. The van der Waals surface area contributed by atoms with Crippen LogP contribution >= 0.6 is 0 Å². The van der Waals surface area contributed by atoms with E-state index in [0.29, 0.717) is 24.8 Å². The van der Waals surface area contributed by atoms with Crippen molar-refractivity contribution in [3.63, 3.8) is 0 Å². The van der Waals surface area contributed by atoms with Crippen molar-refractivity contribution in [3.8, 4) is 0 Å². The Bertz CT molecular complexity index is 556. The van der Waals surface area contributed by atoms with Crippen molar-refractivity contribution in [3.05, 3.63) is 29.1 Å². The topological polar surface area (TPSA) is 38.9 Å². The summed E-state index contributed by atoms with van der Waals surface area (Å²) >= 11 is 0. The number of nitrogens with two attached hydrogens (primary N) is 1. The summed E-state index contributed by atoms with van der Waals surface area (Å²) in [6, 6.07) is 1.55. The van der Waals surface area contributed by atoms with E-state index in [1.165, 1.54) is 0 Å². The van der Waals surface area contributed by atoms with Crippen LogP contribution in [0.1, 0.15) is 69.3 Å². The molecule has 0 radical (unpaired) electrons. The molecule has 3 rings (SSSR count). The molecule has 2 N–H and O–H groups in total. The molecule has 21 heavy (non-hydrogen) atoms. The van der Waals surface area contributed by atoms with E-state index in [2.05, 4.69) is 25.8 Å². The minimum Gasteiger partial charge on any atom is -0.324 e. The number of nitrogens with zero attached hydrogens (tertiary/aromatic N) is 1. The molecule has 1 unspecified atom stereocenters. The molecule has 1 fully saturated rings. The first-order valence-corrected chi connectivity index (χ1v) is 7.77. The third-order valence-corrected chi connectivity index (χ3v) is 4.99. The Morgan fingerprint density at radius 1 is 1.33 bits per heavy atom. The van der Waals surface area contributed by atoms with Gasteiger partial charge in [-0.1, -0.05) is 33.3 Å². The lowest BCUT2D eigenvalue weighted by Crippen LogP contribution is -2.50. The standard InChI is InChI=1S/C17H24F2N2/c1-15(2,3)8-11-7-12-13(20)9-16(5-4-6-16)17(18,19)14(12)21-10-11/h7,10,13H,4-6,8-9,20H2,1-3H3. The molecule has 116 valence electrons. The number of hydrogen-bond donors (Lipinski definition) is 1. The SMILES string of the molecule is CC(C)(C)Cc1cnc2c(c1)C(N)CC1(CCC1)C2(F)F. The molecule has 1 aromatic rings. The van der Waals surface area contributed by atoms with E-state index < -0.39 is 11.3 Å². The van der Waals surface area contributed by atoms with Crippen LogP contribution in [0.5, 0.6) is 0 Å². The molecule has 0 saturated heterocycles. The maximum Gasteiger partial charge on any atom is 0.295 e. The summed E-state index contributed by atoms with van der Waals surface area (Å²) in [7, 11) is 0. The Hall–Kier alpha value is -1.03. The summed E-state index contributed by atoms with van der Waals surface area (Å²) in [5, 5.41) is 0. The third kappa shape index (κ3) is 2.28. The van der Waals surface area contributed by atoms with Crippen LogP contribution in [0.15, 0.2) is 12.3 Å². The Labute approximate surface area is 125 Å². The maximum atomic E-state index is 14.8. The van der Waals surface area contributed by atoms with Gasteiger partial charge in [-0.2, -0.15) is 8.78 Å². The predicted molar refractivity (Wildman–Crippen MR) is 79.1 cm³/mol. The summed E-state index contributed by atoms with van der Waals surface area (Å²) in [5.74, 6) is -2.84. The lowest BCUT2D eigenvalue weighted by Gasteiger charge is -2.51. The zero-order chi connectivity index (χ0) is 15.5. The first-order chi connectivity index (χ1) is 9.65. The van der Waals surface area contributed by atoms with Gasteiger partial charge in [0.05, 0.1) is 0 Å². The van der Waals surface area contributed by atoms with Crippen molar-refractivity contribution in [2.45, 2.75) is 64.8 Å². The number of alkyl halides is 2. The van der Waals surface area contributed by atoms with Crippen LogP contribution in [-0.2, 0) is 12.3 Å². The van der Waals surface area contributed by atoms with E-state index in [-0.39, 0.29) is 17.2 Å². The molecular weight excluding hydrogens is 270 g/mol. The third-order valence-electron chi connectivity index (χ3n) is 4.99. The van der Waals surface area contributed by atoms with Crippen LogP contribution in [0.3, 0.4) is 0 Å². The normalized spacial score (nSPS) is 26.3. The molecule has 1 atom stereocenters. The summed E-state index contributed by atoms with van der Waals surface area (Å²) in [5.41, 5.74) is 6.86. The quantitative estimate of drug-likeness (QED) is 0.837. The van der Waals surface area contributed by atoms with Gasteiger partial charge in [-0.3, -0.25) is 4.98 Å². The molecular formula is C17H24F2N2. The summed E-state index contributed by atoms with van der Waals surface area (Å²) < 4.78 is 29.6. The van der Waals surface area contributed by atoms with Gasteiger partial charge in [0.1, 0.15) is 5.69 Å². The van der Waals surface area contributed by atoms with Gasteiger partial charge >= 0.3 is 0 Å². The smallest absolute Gasteiger partial charge is 0.295 e. The van der Waals surface area contributed by atoms with E-state index in [4.69, 9.17) is 5.73 Å². The number of aromatic nitrogens is 1. The Kier molecular flexibility index (Phi) is 3.18. The fourth-order valence-electron chi connectivity index (χ4n) is 3.81. The van der Waals surface area contributed by atoms with Crippen LogP contribution < -0.4 is 5.73 Å². The van der Waals surface area contributed by atoms with Crippen LogP contribution in [0.2, 0.25) is 0 Å². The summed E-state index contributed by atoms with van der Waals surface area (Å²) in [6.45, 7) is 6.39. The van der Waals surface area contributed by atoms with E-state index in [1.807, 2.05) is 6.07 Å². The molecule has 1 aromatic heterocycles. The predicted octanol–water partition coefficient (Wildman–Crippen LogP) is 4.34. The van der Waals surface area contributed by atoms with Crippen molar-refractivity contribution in [1.29, 1.82) is 0 Å². The van der Waals surface area contributed by atoms with E-state index in [9.17, 15) is 8.78 Å². The Morgan fingerprint density at radius 3 is 2.52 bits per heavy atom. The molecule has 0 aliphatic heterocycles. The highest BCUT2D eigenvalue weighted by molar-refractivity contribution is 5.36. The minimum absolute atomic E-state index is 0.0707. The first kappa shape index (κ1) is 14.9. The number of pyridine rings is 1. The number of hydrogen-bond acceptors (Lipinski definition) is 2. The highest BCUT2D eigenvalue weighted by Crippen LogP contribution is 2.63. The molecule has 0 bridgehead atoms. The van der Waals surface area contributed by atoms with Gasteiger partial charge in [0.2, 0.25) is 0 Å². The molecule has 1 heterocycles. The van der Waals surface area contributed by atoms with E-state index >= 15 is 0 Å². The molecule has 4 heteroatoms. The second-order valence-corrected chi connectivity index (χ2v) is 8.04. The van der Waals surface area contributed by atoms with E-state index in [1.54, 1.807) is 6.20 Å². The minimum atomic E-state index is -2.84. The van der Waals surface area contributed by atoms with Crippen molar-refractivity contribution < 1.29 is 8.78 Å². The lowest BCUT2D eigenvalue weighted by molar-refractivity contribution is -0.187. The van der Waals surface area contributed by atoms with Gasteiger partial charge in [-0.05, 0) is 42.2 Å². The Morgan fingerprint density at radius 2 is 2.00 bits per heavy atom. The van der Waals surface area contributed by atoms with Gasteiger partial charge in [0.15, 0.2) is 0 Å². The highest BCUT2D eigenvalue weighted by Gasteiger charge is 2.62. The molecule has 2 nitrogen and oxygen atoms in total. The second kappa shape index (κ2) is 4.48. The molecule has 1 spiro atoms. The van der Waals surface area contributed by atoms with Crippen LogP contribution in [-0.4, -0.2) is 4.98 Å². The van der Waals surface area contributed by atoms with Crippen molar-refractivity contribution in [2.75, 3.05) is 0 Å². The zero-order valence-electron chi connectivity index (χ0n) is 13.0. The monoisotopic (exact) mass is 294 g/mol. The van der Waals surface area contributed by atoms with Crippen molar-refractivity contribution in [1.82, 2.24) is 4.98 Å². The van der Waals surface area contributed by atoms with Crippen LogP contribution in [0.25, 0.3) is 0 Å². The van der Waals surface area contributed by atoms with Gasteiger partial charge in [0, 0.05) is 17.7 Å². The number of fused-ring (bicyclic) bond motifs is 1. The van der Waals surface area contributed by atoms with Crippen molar-refractivity contribution >= 4 is 0 Å². The summed E-state index contributed by atoms with van der Waals surface area (Å²) in [6.07, 6.45) is 4.82. The van der Waals surface area contributed by atoms with Gasteiger partial charge < -0.3 is 5.73 Å². The molecule has 1 saturated carbocycles. The molecule has 0 aromatic carbocycles. The maximum absolute atomic E-state index is 14.8. The average molecular weight is 294 g/mol. The summed E-state index contributed by atoms with van der Waals surface area (Å²) in [4.78, 5) is 4.15. The Balaban J connectivity index is 2.01. The molecule has 0 amide bonds. The number of halogens is 2. The largest absolute Gasteiger partial charge is 0.324 e. The second-order valence-electron chi connectivity index (χ2n) is 8.04. The molecule has 2 aliphatic rings. The van der Waals surface area contributed by atoms with Gasteiger partial charge in [0.25, 0.3) is 5.92 Å². The van der Waals surface area contributed by atoms with Crippen LogP contribution in [0.4, 0.5) is 8.78 Å². The zero-order valence-corrected chi connectivity index (χ0v) is 13.0. The lowest BCUT2D eigenvalue weighted by atomic mass is 9.57. The average Bonchev–Trinajstić information content (AvgIpc) is 2.29.